The predicted octanol–water partition coefficient (Wildman–Crippen LogP) is 3.84. The van der Waals surface area contributed by atoms with E-state index >= 15 is 0 Å². The summed E-state index contributed by atoms with van der Waals surface area (Å²) in [4.78, 5) is 15.3. The third-order valence-electron chi connectivity index (χ3n) is 4.82. The number of fused-ring (bicyclic) bond motifs is 1. The van der Waals surface area contributed by atoms with E-state index in [1.165, 1.54) is 6.07 Å². The molecule has 0 aliphatic heterocycles. The molecule has 0 atom stereocenters. The minimum absolute atomic E-state index is 0.151. The van der Waals surface area contributed by atoms with Crippen LogP contribution in [0.3, 0.4) is 0 Å². The molecule has 4 aromatic rings. The average Bonchev–Trinajstić information content (AvgIpc) is 3.35. The van der Waals surface area contributed by atoms with Crippen molar-refractivity contribution in [2.24, 2.45) is 0 Å². The summed E-state index contributed by atoms with van der Waals surface area (Å²) >= 11 is 0. The van der Waals surface area contributed by atoms with Crippen molar-refractivity contribution in [3.8, 4) is 0 Å². The van der Waals surface area contributed by atoms with Crippen LogP contribution in [-0.4, -0.2) is 21.1 Å². The van der Waals surface area contributed by atoms with Crippen molar-refractivity contribution in [2.45, 2.75) is 32.7 Å². The van der Waals surface area contributed by atoms with E-state index in [1.807, 2.05) is 30.5 Å². The number of benzene rings is 2. The van der Waals surface area contributed by atoms with Crippen molar-refractivity contribution in [3.63, 3.8) is 0 Å². The average molecular weight is 392 g/mol. The zero-order valence-corrected chi connectivity index (χ0v) is 16.0. The Hall–Kier alpha value is -3.48. The quantitative estimate of drug-likeness (QED) is 0.501. The lowest BCUT2D eigenvalue weighted by atomic mass is 10.1. The highest BCUT2D eigenvalue weighted by atomic mass is 19.1. The molecule has 0 aliphatic rings. The number of hydrogen-bond acceptors (Lipinski definition) is 4. The fourth-order valence-corrected chi connectivity index (χ4v) is 3.16. The second-order valence-electron chi connectivity index (χ2n) is 6.99. The molecule has 6 nitrogen and oxygen atoms in total. The van der Waals surface area contributed by atoms with Gasteiger partial charge in [0, 0.05) is 36.5 Å². The molecule has 29 heavy (non-hydrogen) atoms. The van der Waals surface area contributed by atoms with Gasteiger partial charge in [-0.3, -0.25) is 4.79 Å². The van der Waals surface area contributed by atoms with Crippen LogP contribution in [0.2, 0.25) is 0 Å². The third-order valence-corrected chi connectivity index (χ3v) is 4.82. The van der Waals surface area contributed by atoms with Crippen LogP contribution >= 0.6 is 0 Å². The van der Waals surface area contributed by atoms with Gasteiger partial charge in [-0.25, -0.2) is 4.39 Å². The number of aromatic nitrogens is 3. The first-order valence-corrected chi connectivity index (χ1v) is 9.46. The molecule has 148 valence electrons. The Morgan fingerprint density at radius 2 is 2.00 bits per heavy atom. The Kier molecular flexibility index (Phi) is 5.37. The summed E-state index contributed by atoms with van der Waals surface area (Å²) in [6.07, 6.45) is 3.05. The number of aromatic amines is 1. The van der Waals surface area contributed by atoms with E-state index in [0.717, 1.165) is 22.0 Å². The number of para-hydroxylation sites is 1. The van der Waals surface area contributed by atoms with Crippen molar-refractivity contribution in [1.29, 1.82) is 0 Å². The summed E-state index contributed by atoms with van der Waals surface area (Å²) < 4.78 is 19.2. The molecule has 2 N–H and O–H groups in total. The van der Waals surface area contributed by atoms with Crippen LogP contribution < -0.4 is 5.32 Å². The maximum atomic E-state index is 13.6. The van der Waals surface area contributed by atoms with Gasteiger partial charge in [0.15, 0.2) is 0 Å². The van der Waals surface area contributed by atoms with Gasteiger partial charge in [-0.2, -0.15) is 0 Å². The van der Waals surface area contributed by atoms with Gasteiger partial charge < -0.3 is 14.7 Å². The van der Waals surface area contributed by atoms with Crippen molar-refractivity contribution in [1.82, 2.24) is 20.5 Å². The second kappa shape index (κ2) is 8.26. The molecule has 2 aromatic heterocycles. The maximum absolute atomic E-state index is 13.6. The third kappa shape index (κ3) is 4.51. The van der Waals surface area contributed by atoms with E-state index < -0.39 is 0 Å². The number of nitrogens with one attached hydrogen (secondary N) is 2. The first-order chi connectivity index (χ1) is 14.1. The number of amides is 1. The Labute approximate surface area is 167 Å². The van der Waals surface area contributed by atoms with Gasteiger partial charge in [-0.05, 0) is 35.7 Å². The standard InChI is InChI=1S/C22H21FN4O2/c1-14-6-7-15(10-18(14)23)12-25-20(28)8-9-21-26-27-22(29-21)11-16-13-24-19-5-3-2-4-17(16)19/h2-7,10,13,24H,8-9,11-12H2,1H3,(H,25,28). The normalized spacial score (nSPS) is 11.1. The van der Waals surface area contributed by atoms with Gasteiger partial charge in [-0.15, -0.1) is 10.2 Å². The fraction of sp³-hybridized carbons (Fsp3) is 0.227. The van der Waals surface area contributed by atoms with E-state index in [0.29, 0.717) is 30.2 Å². The van der Waals surface area contributed by atoms with Gasteiger partial charge in [0.05, 0.1) is 6.42 Å². The molecule has 0 radical (unpaired) electrons. The molecule has 2 aromatic carbocycles. The van der Waals surface area contributed by atoms with Crippen LogP contribution in [0.5, 0.6) is 0 Å². The summed E-state index contributed by atoms with van der Waals surface area (Å²) in [5.41, 5.74) is 3.45. The molecule has 0 bridgehead atoms. The summed E-state index contributed by atoms with van der Waals surface area (Å²) in [5, 5.41) is 12.0. The highest BCUT2D eigenvalue weighted by Gasteiger charge is 2.12. The van der Waals surface area contributed by atoms with Crippen molar-refractivity contribution in [2.75, 3.05) is 0 Å². The van der Waals surface area contributed by atoms with Gasteiger partial charge in [-0.1, -0.05) is 30.3 Å². The topological polar surface area (TPSA) is 83.8 Å². The summed E-state index contributed by atoms with van der Waals surface area (Å²) in [6, 6.07) is 13.0. The van der Waals surface area contributed by atoms with Crippen molar-refractivity contribution in [3.05, 3.63) is 83.0 Å². The largest absolute Gasteiger partial charge is 0.425 e. The number of hydrogen-bond donors (Lipinski definition) is 2. The van der Waals surface area contributed by atoms with Gasteiger partial charge >= 0.3 is 0 Å². The molecular weight excluding hydrogens is 371 g/mol. The highest BCUT2D eigenvalue weighted by Crippen LogP contribution is 2.20. The van der Waals surface area contributed by atoms with Crippen LogP contribution in [0.1, 0.15) is 34.9 Å². The maximum Gasteiger partial charge on any atom is 0.221 e. The van der Waals surface area contributed by atoms with Crippen LogP contribution in [0.25, 0.3) is 10.9 Å². The highest BCUT2D eigenvalue weighted by molar-refractivity contribution is 5.83. The molecule has 4 rings (SSSR count). The molecule has 0 aliphatic carbocycles. The summed E-state index contributed by atoms with van der Waals surface area (Å²) in [7, 11) is 0. The van der Waals surface area contributed by atoms with Crippen LogP contribution in [-0.2, 0) is 24.2 Å². The minimum atomic E-state index is -0.273. The van der Waals surface area contributed by atoms with Crippen LogP contribution in [0.15, 0.2) is 53.1 Å². The van der Waals surface area contributed by atoms with E-state index in [4.69, 9.17) is 4.42 Å². The minimum Gasteiger partial charge on any atom is -0.425 e. The Balaban J connectivity index is 1.28. The first kappa shape index (κ1) is 18.9. The summed E-state index contributed by atoms with van der Waals surface area (Å²) in [5.74, 6) is 0.518. The molecule has 7 heteroatoms. The zero-order chi connectivity index (χ0) is 20.2. The second-order valence-corrected chi connectivity index (χ2v) is 6.99. The number of carbonyl (C=O) groups is 1. The molecule has 0 saturated heterocycles. The van der Waals surface area contributed by atoms with E-state index in [-0.39, 0.29) is 24.7 Å². The number of nitrogens with zero attached hydrogens (tertiary/aromatic N) is 2. The van der Waals surface area contributed by atoms with Crippen molar-refractivity contribution >= 4 is 16.8 Å². The van der Waals surface area contributed by atoms with E-state index in [9.17, 15) is 9.18 Å². The number of carbonyl (C=O) groups excluding carboxylic acids is 1. The first-order valence-electron chi connectivity index (χ1n) is 9.46. The Bertz CT molecular complexity index is 1150. The molecular formula is C22H21FN4O2. The Morgan fingerprint density at radius 1 is 1.17 bits per heavy atom. The zero-order valence-electron chi connectivity index (χ0n) is 16.0. The molecule has 2 heterocycles. The smallest absolute Gasteiger partial charge is 0.221 e. The monoisotopic (exact) mass is 392 g/mol. The van der Waals surface area contributed by atoms with Gasteiger partial charge in [0.2, 0.25) is 17.7 Å². The Morgan fingerprint density at radius 3 is 2.86 bits per heavy atom. The lowest BCUT2D eigenvalue weighted by Gasteiger charge is -2.05. The number of rotatable bonds is 7. The number of H-pyrrole nitrogens is 1. The SMILES string of the molecule is Cc1ccc(CNC(=O)CCc2nnc(Cc3c[nH]c4ccccc34)o2)cc1F. The molecule has 0 spiro atoms. The molecule has 1 amide bonds. The number of halogens is 1. The summed E-state index contributed by atoms with van der Waals surface area (Å²) in [6.45, 7) is 1.99. The molecule has 0 unspecified atom stereocenters. The van der Waals surface area contributed by atoms with Crippen LogP contribution in [0.4, 0.5) is 4.39 Å². The molecule has 0 fully saturated rings. The predicted molar refractivity (Wildman–Crippen MR) is 107 cm³/mol. The fourth-order valence-electron chi connectivity index (χ4n) is 3.16. The lowest BCUT2D eigenvalue weighted by Crippen LogP contribution is -2.23. The van der Waals surface area contributed by atoms with Gasteiger partial charge in [0.1, 0.15) is 5.82 Å². The lowest BCUT2D eigenvalue weighted by molar-refractivity contribution is -0.121. The van der Waals surface area contributed by atoms with Gasteiger partial charge in [0.25, 0.3) is 0 Å². The van der Waals surface area contributed by atoms with E-state index in [2.05, 4.69) is 20.5 Å². The number of aryl methyl sites for hydroxylation is 2. The molecule has 0 saturated carbocycles. The van der Waals surface area contributed by atoms with Crippen molar-refractivity contribution < 1.29 is 13.6 Å². The van der Waals surface area contributed by atoms with Crippen LogP contribution in [0, 0.1) is 12.7 Å². The van der Waals surface area contributed by atoms with E-state index in [1.54, 1.807) is 19.1 Å².